The Hall–Kier alpha value is -3.92. The number of hydrogen-bond donors (Lipinski definition) is 4. The van der Waals surface area contributed by atoms with E-state index in [4.69, 9.17) is 5.11 Å². The van der Waals surface area contributed by atoms with Gasteiger partial charge in [0.15, 0.2) is 0 Å². The number of carboxylic acids is 2. The molecule has 35 heavy (non-hydrogen) atoms. The number of aromatic amines is 1. The number of nitrogens with one attached hydrogen (secondary N) is 2. The van der Waals surface area contributed by atoms with E-state index in [0.29, 0.717) is 36.4 Å². The molecule has 4 N–H and O–H groups in total. The number of carbonyl (C=O) groups excluding carboxylic acids is 1. The molecule has 2 aromatic heterocycles. The second-order valence-electron chi connectivity index (χ2n) is 9.34. The molecule has 2 bridgehead atoms. The predicted octanol–water partition coefficient (Wildman–Crippen LogP) is 2.38. The van der Waals surface area contributed by atoms with Crippen molar-refractivity contribution in [2.24, 2.45) is 5.92 Å². The summed E-state index contributed by atoms with van der Waals surface area (Å²) >= 11 is 0. The standard InChI is InChI=1S/C25H26N4O6/c30-21(6-7-23(32)33)27-16-4-5-17-18(10-26-19(17)9-16)24(25(34)35)28-11-14-8-15(13-28)20-2-1-3-22(31)29(20)12-14/h1-5,9-10,14-15,24,26H,6-8,11-13H2,(H,27,30)(H,32,33)(H,34,35)/t14-,15+,24-/m1/s1. The van der Waals surface area contributed by atoms with Crippen LogP contribution in [0.1, 0.15) is 42.5 Å². The number of likely N-dealkylation sites (tertiary alicyclic amines) is 1. The molecule has 10 heteroatoms. The Labute approximate surface area is 200 Å². The van der Waals surface area contributed by atoms with Crippen molar-refractivity contribution < 1.29 is 24.6 Å². The minimum atomic E-state index is -1.04. The number of carbonyl (C=O) groups is 3. The summed E-state index contributed by atoms with van der Waals surface area (Å²) in [5.74, 6) is -2.10. The number of H-pyrrole nitrogens is 1. The molecule has 182 valence electrons. The Morgan fingerprint density at radius 3 is 2.69 bits per heavy atom. The Morgan fingerprint density at radius 2 is 1.91 bits per heavy atom. The molecule has 4 heterocycles. The second kappa shape index (κ2) is 9.03. The molecular formula is C25H26N4O6. The van der Waals surface area contributed by atoms with E-state index in [0.717, 1.165) is 17.5 Å². The van der Waals surface area contributed by atoms with Gasteiger partial charge in [-0.05, 0) is 30.5 Å². The van der Waals surface area contributed by atoms with Crippen molar-refractivity contribution in [2.45, 2.75) is 37.8 Å². The quantitative estimate of drug-likeness (QED) is 0.408. The van der Waals surface area contributed by atoms with E-state index in [-0.39, 0.29) is 30.2 Å². The number of aliphatic carboxylic acids is 2. The summed E-state index contributed by atoms with van der Waals surface area (Å²) in [5.41, 5.74) is 2.77. The predicted molar refractivity (Wildman–Crippen MR) is 127 cm³/mol. The maximum Gasteiger partial charge on any atom is 0.325 e. The van der Waals surface area contributed by atoms with E-state index < -0.39 is 23.9 Å². The van der Waals surface area contributed by atoms with Crippen LogP contribution in [-0.2, 0) is 20.9 Å². The van der Waals surface area contributed by atoms with Crippen LogP contribution in [0.2, 0.25) is 0 Å². The number of amides is 1. The number of fused-ring (bicyclic) bond motifs is 5. The molecule has 3 atom stereocenters. The lowest BCUT2D eigenvalue weighted by Gasteiger charge is -2.44. The molecular weight excluding hydrogens is 452 g/mol. The van der Waals surface area contributed by atoms with Crippen LogP contribution in [-0.4, -0.2) is 55.6 Å². The third-order valence-electron chi connectivity index (χ3n) is 6.97. The zero-order chi connectivity index (χ0) is 24.7. The summed E-state index contributed by atoms with van der Waals surface area (Å²) in [7, 11) is 0. The van der Waals surface area contributed by atoms with Crippen molar-refractivity contribution in [2.75, 3.05) is 18.4 Å². The minimum absolute atomic E-state index is 0.0112. The van der Waals surface area contributed by atoms with Crippen molar-refractivity contribution in [3.8, 4) is 0 Å². The van der Waals surface area contributed by atoms with Gasteiger partial charge in [-0.2, -0.15) is 0 Å². The summed E-state index contributed by atoms with van der Waals surface area (Å²) in [5, 5.41) is 22.4. The highest BCUT2D eigenvalue weighted by Crippen LogP contribution is 2.39. The van der Waals surface area contributed by atoms with Crippen molar-refractivity contribution in [1.29, 1.82) is 0 Å². The number of benzene rings is 1. The van der Waals surface area contributed by atoms with Crippen LogP contribution in [0, 0.1) is 5.92 Å². The molecule has 1 amide bonds. The number of rotatable bonds is 7. The van der Waals surface area contributed by atoms with E-state index >= 15 is 0 Å². The van der Waals surface area contributed by atoms with Crippen molar-refractivity contribution >= 4 is 34.4 Å². The van der Waals surface area contributed by atoms with Crippen LogP contribution in [0.25, 0.3) is 10.9 Å². The SMILES string of the molecule is O=C(O)CCC(=O)Nc1ccc2c([C@H](C(=O)O)N3C[C@H]4C[C@@H](C3)c3cccc(=O)n3C4)c[nH]c2c1. The maximum absolute atomic E-state index is 12.5. The second-order valence-corrected chi connectivity index (χ2v) is 9.34. The summed E-state index contributed by atoms with van der Waals surface area (Å²) in [4.78, 5) is 52.6. The fourth-order valence-corrected chi connectivity index (χ4v) is 5.53. The van der Waals surface area contributed by atoms with Gasteiger partial charge in [0.2, 0.25) is 5.91 Å². The number of hydrogen-bond acceptors (Lipinski definition) is 5. The molecule has 0 unspecified atom stereocenters. The molecule has 2 aliphatic heterocycles. The van der Waals surface area contributed by atoms with Gasteiger partial charge in [-0.3, -0.25) is 24.1 Å². The summed E-state index contributed by atoms with van der Waals surface area (Å²) in [6.45, 7) is 1.72. The topological polar surface area (TPSA) is 145 Å². The molecule has 3 aromatic rings. The minimum Gasteiger partial charge on any atom is -0.481 e. The highest BCUT2D eigenvalue weighted by Gasteiger charge is 2.40. The summed E-state index contributed by atoms with van der Waals surface area (Å²) in [6, 6.07) is 9.60. The number of anilines is 1. The first-order valence-corrected chi connectivity index (χ1v) is 11.6. The molecule has 1 fully saturated rings. The highest BCUT2D eigenvalue weighted by atomic mass is 16.4. The third kappa shape index (κ3) is 4.44. The average molecular weight is 479 g/mol. The molecule has 10 nitrogen and oxygen atoms in total. The number of aromatic nitrogens is 2. The van der Waals surface area contributed by atoms with E-state index in [9.17, 15) is 24.3 Å². The van der Waals surface area contributed by atoms with Gasteiger partial charge in [-0.15, -0.1) is 0 Å². The summed E-state index contributed by atoms with van der Waals surface area (Å²) in [6.07, 6.45) is 2.25. The Kier molecular flexibility index (Phi) is 5.89. The first-order valence-electron chi connectivity index (χ1n) is 11.6. The third-order valence-corrected chi connectivity index (χ3v) is 6.97. The van der Waals surface area contributed by atoms with Gasteiger partial charge in [0.05, 0.1) is 6.42 Å². The fraction of sp³-hybridized carbons (Fsp3) is 0.360. The zero-order valence-corrected chi connectivity index (χ0v) is 18.9. The van der Waals surface area contributed by atoms with Crippen molar-refractivity contribution in [3.05, 3.63) is 64.2 Å². The number of piperidine rings is 1. The molecule has 0 saturated carbocycles. The van der Waals surface area contributed by atoms with E-state index in [1.54, 1.807) is 36.5 Å². The number of carboxylic acid groups (broad SMARTS) is 2. The van der Waals surface area contributed by atoms with Gasteiger partial charge in [-0.1, -0.05) is 12.1 Å². The Balaban J connectivity index is 1.40. The molecule has 5 rings (SSSR count). The average Bonchev–Trinajstić information content (AvgIpc) is 3.21. The van der Waals surface area contributed by atoms with E-state index in [2.05, 4.69) is 10.3 Å². The van der Waals surface area contributed by atoms with Crippen molar-refractivity contribution in [1.82, 2.24) is 14.5 Å². The van der Waals surface area contributed by atoms with Crippen molar-refractivity contribution in [3.63, 3.8) is 0 Å². The number of pyridine rings is 1. The lowest BCUT2D eigenvalue weighted by atomic mass is 9.82. The van der Waals surface area contributed by atoms with E-state index in [1.807, 2.05) is 15.5 Å². The van der Waals surface area contributed by atoms with Gasteiger partial charge in [0.25, 0.3) is 5.56 Å². The van der Waals surface area contributed by atoms with Crippen LogP contribution in [0.3, 0.4) is 0 Å². The van der Waals surface area contributed by atoms with E-state index in [1.165, 1.54) is 0 Å². The first kappa shape index (κ1) is 22.9. The summed E-state index contributed by atoms with van der Waals surface area (Å²) < 4.78 is 1.82. The van der Waals surface area contributed by atoms with Gasteiger partial charge in [0, 0.05) is 72.1 Å². The van der Waals surface area contributed by atoms with Crippen LogP contribution in [0.15, 0.2) is 47.4 Å². The van der Waals surface area contributed by atoms with Gasteiger partial charge < -0.3 is 25.1 Å². The van der Waals surface area contributed by atoms with Crippen LogP contribution < -0.4 is 10.9 Å². The van der Waals surface area contributed by atoms with Gasteiger partial charge >= 0.3 is 11.9 Å². The van der Waals surface area contributed by atoms with Crippen LogP contribution in [0.4, 0.5) is 5.69 Å². The Bertz CT molecular complexity index is 1380. The zero-order valence-electron chi connectivity index (χ0n) is 18.9. The monoisotopic (exact) mass is 478 g/mol. The molecule has 0 spiro atoms. The fourth-order valence-electron chi connectivity index (χ4n) is 5.53. The molecule has 1 saturated heterocycles. The van der Waals surface area contributed by atoms with Crippen LogP contribution in [0.5, 0.6) is 0 Å². The van der Waals surface area contributed by atoms with Gasteiger partial charge in [-0.25, -0.2) is 0 Å². The smallest absolute Gasteiger partial charge is 0.325 e. The largest absolute Gasteiger partial charge is 0.481 e. The first-order chi connectivity index (χ1) is 16.8. The maximum atomic E-state index is 12.5. The highest BCUT2D eigenvalue weighted by molar-refractivity contribution is 5.96. The molecule has 1 aromatic carbocycles. The van der Waals surface area contributed by atoms with Gasteiger partial charge in [0.1, 0.15) is 6.04 Å². The molecule has 0 radical (unpaired) electrons. The van der Waals surface area contributed by atoms with Crippen LogP contribution >= 0.6 is 0 Å². The molecule has 0 aliphatic carbocycles. The Morgan fingerprint density at radius 1 is 1.09 bits per heavy atom. The number of nitrogens with zero attached hydrogens (tertiary/aromatic N) is 2. The lowest BCUT2D eigenvalue weighted by Crippen LogP contribution is -2.49. The molecule has 2 aliphatic rings. The lowest BCUT2D eigenvalue weighted by molar-refractivity contribution is -0.145. The normalized spacial score (nSPS) is 20.2.